The molecule has 1 unspecified atom stereocenters. The SMILES string of the molecule is CN(C(=O)c1nc(C(=O)O)cs1)C1CCOC1. The van der Waals surface area contributed by atoms with Gasteiger partial charge in [0.05, 0.1) is 12.6 Å². The zero-order valence-electron chi connectivity index (χ0n) is 9.25. The van der Waals surface area contributed by atoms with E-state index in [2.05, 4.69) is 4.98 Å². The fourth-order valence-corrected chi connectivity index (χ4v) is 2.39. The van der Waals surface area contributed by atoms with Crippen LogP contribution >= 0.6 is 11.3 Å². The number of rotatable bonds is 3. The predicted molar refractivity (Wildman–Crippen MR) is 60.4 cm³/mol. The molecular weight excluding hydrogens is 244 g/mol. The van der Waals surface area contributed by atoms with Crippen LogP contribution in [0.1, 0.15) is 26.7 Å². The van der Waals surface area contributed by atoms with E-state index in [0.717, 1.165) is 17.8 Å². The molecule has 7 heteroatoms. The molecule has 92 valence electrons. The Morgan fingerprint density at radius 3 is 2.94 bits per heavy atom. The van der Waals surface area contributed by atoms with Gasteiger partial charge in [0.2, 0.25) is 0 Å². The number of carboxylic acids is 1. The summed E-state index contributed by atoms with van der Waals surface area (Å²) in [5.74, 6) is -1.37. The fourth-order valence-electron chi connectivity index (χ4n) is 1.61. The van der Waals surface area contributed by atoms with Crippen molar-refractivity contribution in [1.29, 1.82) is 0 Å². The van der Waals surface area contributed by atoms with E-state index in [1.807, 2.05) is 0 Å². The first kappa shape index (κ1) is 12.0. The molecule has 0 saturated carbocycles. The molecule has 0 spiro atoms. The van der Waals surface area contributed by atoms with Gasteiger partial charge in [0.15, 0.2) is 10.7 Å². The highest BCUT2D eigenvalue weighted by molar-refractivity contribution is 7.11. The summed E-state index contributed by atoms with van der Waals surface area (Å²) in [4.78, 5) is 28.0. The third-order valence-corrected chi connectivity index (χ3v) is 3.51. The van der Waals surface area contributed by atoms with E-state index >= 15 is 0 Å². The van der Waals surface area contributed by atoms with Crippen molar-refractivity contribution in [1.82, 2.24) is 9.88 Å². The number of carbonyl (C=O) groups excluding carboxylic acids is 1. The molecule has 1 aliphatic rings. The lowest BCUT2D eigenvalue weighted by Crippen LogP contribution is -2.37. The van der Waals surface area contributed by atoms with E-state index in [9.17, 15) is 9.59 Å². The summed E-state index contributed by atoms with van der Waals surface area (Å²) in [5.41, 5.74) is -0.0885. The van der Waals surface area contributed by atoms with Gasteiger partial charge in [-0.25, -0.2) is 9.78 Å². The molecule has 1 aromatic heterocycles. The Bertz CT molecular complexity index is 439. The maximum absolute atomic E-state index is 12.0. The molecule has 0 aromatic carbocycles. The van der Waals surface area contributed by atoms with Crippen LogP contribution < -0.4 is 0 Å². The number of nitrogens with zero attached hydrogens (tertiary/aromatic N) is 2. The van der Waals surface area contributed by atoms with Gasteiger partial charge in [-0.05, 0) is 6.42 Å². The third kappa shape index (κ3) is 2.45. The second kappa shape index (κ2) is 4.80. The minimum absolute atomic E-state index is 0.0553. The highest BCUT2D eigenvalue weighted by Crippen LogP contribution is 2.17. The van der Waals surface area contributed by atoms with Crippen LogP contribution in [-0.2, 0) is 4.74 Å². The molecule has 0 radical (unpaired) electrons. The van der Waals surface area contributed by atoms with Gasteiger partial charge in [-0.3, -0.25) is 4.79 Å². The summed E-state index contributed by atoms with van der Waals surface area (Å²) in [6, 6.07) is 0.0553. The van der Waals surface area contributed by atoms with Gasteiger partial charge >= 0.3 is 5.97 Å². The van der Waals surface area contributed by atoms with Crippen LogP contribution in [0.4, 0.5) is 0 Å². The van der Waals surface area contributed by atoms with Crippen LogP contribution in [0.15, 0.2) is 5.38 Å². The zero-order chi connectivity index (χ0) is 12.4. The van der Waals surface area contributed by atoms with Crippen LogP contribution in [0.5, 0.6) is 0 Å². The molecule has 1 fully saturated rings. The number of carboxylic acid groups (broad SMARTS) is 1. The van der Waals surface area contributed by atoms with E-state index < -0.39 is 5.97 Å². The molecule has 1 saturated heterocycles. The van der Waals surface area contributed by atoms with Crippen LogP contribution in [0.2, 0.25) is 0 Å². The van der Waals surface area contributed by atoms with Crippen molar-refractivity contribution in [2.24, 2.45) is 0 Å². The molecule has 2 heterocycles. The van der Waals surface area contributed by atoms with Gasteiger partial charge < -0.3 is 14.7 Å². The van der Waals surface area contributed by atoms with Crippen molar-refractivity contribution < 1.29 is 19.4 Å². The first-order valence-electron chi connectivity index (χ1n) is 5.13. The van der Waals surface area contributed by atoms with Gasteiger partial charge in [0.1, 0.15) is 0 Å². The van der Waals surface area contributed by atoms with Gasteiger partial charge in [-0.1, -0.05) is 0 Å². The first-order chi connectivity index (χ1) is 8.09. The Hall–Kier alpha value is -1.47. The Balaban J connectivity index is 2.09. The van der Waals surface area contributed by atoms with Crippen LogP contribution in [0, 0.1) is 0 Å². The molecule has 1 N–H and O–H groups in total. The van der Waals surface area contributed by atoms with Crippen molar-refractivity contribution in [2.75, 3.05) is 20.3 Å². The Kier molecular flexibility index (Phi) is 3.39. The molecule has 1 atom stereocenters. The number of ether oxygens (including phenoxy) is 1. The van der Waals surface area contributed by atoms with Crippen LogP contribution in [0.3, 0.4) is 0 Å². The second-order valence-electron chi connectivity index (χ2n) is 3.78. The van der Waals surface area contributed by atoms with Gasteiger partial charge in [0.25, 0.3) is 5.91 Å². The molecule has 1 amide bonds. The Labute approximate surface area is 102 Å². The topological polar surface area (TPSA) is 79.7 Å². The Morgan fingerprint density at radius 1 is 1.65 bits per heavy atom. The zero-order valence-corrected chi connectivity index (χ0v) is 10.1. The van der Waals surface area contributed by atoms with Crippen molar-refractivity contribution in [3.63, 3.8) is 0 Å². The van der Waals surface area contributed by atoms with Crippen molar-refractivity contribution in [2.45, 2.75) is 12.5 Å². The van der Waals surface area contributed by atoms with Gasteiger partial charge in [0, 0.05) is 19.0 Å². The maximum atomic E-state index is 12.0. The summed E-state index contributed by atoms with van der Waals surface area (Å²) in [5, 5.41) is 10.3. The first-order valence-corrected chi connectivity index (χ1v) is 6.01. The Morgan fingerprint density at radius 2 is 2.41 bits per heavy atom. The molecule has 17 heavy (non-hydrogen) atoms. The van der Waals surface area contributed by atoms with Crippen molar-refractivity contribution in [3.8, 4) is 0 Å². The number of aromatic nitrogens is 1. The molecule has 6 nitrogen and oxygen atoms in total. The van der Waals surface area contributed by atoms with Gasteiger partial charge in [-0.2, -0.15) is 0 Å². The van der Waals surface area contributed by atoms with E-state index in [0.29, 0.717) is 13.2 Å². The van der Waals surface area contributed by atoms with E-state index in [-0.39, 0.29) is 22.7 Å². The molecule has 1 aliphatic heterocycles. The van der Waals surface area contributed by atoms with Crippen molar-refractivity contribution in [3.05, 3.63) is 16.1 Å². The number of carbonyl (C=O) groups is 2. The summed E-state index contributed by atoms with van der Waals surface area (Å²) in [6.07, 6.45) is 0.805. The maximum Gasteiger partial charge on any atom is 0.355 e. The summed E-state index contributed by atoms with van der Waals surface area (Å²) >= 11 is 1.05. The van der Waals surface area contributed by atoms with Gasteiger partial charge in [-0.15, -0.1) is 11.3 Å². The third-order valence-electron chi connectivity index (χ3n) is 2.68. The molecule has 1 aromatic rings. The highest BCUT2D eigenvalue weighted by atomic mass is 32.1. The summed E-state index contributed by atoms with van der Waals surface area (Å²) in [6.45, 7) is 1.18. The molecule has 0 bridgehead atoms. The lowest BCUT2D eigenvalue weighted by atomic mass is 10.2. The normalized spacial score (nSPS) is 19.2. The molecular formula is C10H12N2O4S. The van der Waals surface area contributed by atoms with E-state index in [1.165, 1.54) is 5.38 Å². The largest absolute Gasteiger partial charge is 0.476 e. The number of likely N-dealkylation sites (N-methyl/N-ethyl adjacent to an activating group) is 1. The minimum Gasteiger partial charge on any atom is -0.476 e. The summed E-state index contributed by atoms with van der Waals surface area (Å²) in [7, 11) is 1.68. The van der Waals surface area contributed by atoms with Crippen molar-refractivity contribution >= 4 is 23.2 Å². The van der Waals surface area contributed by atoms with Crippen LogP contribution in [-0.4, -0.2) is 53.2 Å². The average Bonchev–Trinajstić information content (AvgIpc) is 2.97. The quantitative estimate of drug-likeness (QED) is 0.861. The number of amides is 1. The number of aromatic carboxylic acids is 1. The molecule has 0 aliphatic carbocycles. The lowest BCUT2D eigenvalue weighted by Gasteiger charge is -2.21. The van der Waals surface area contributed by atoms with E-state index in [4.69, 9.17) is 9.84 Å². The van der Waals surface area contributed by atoms with Crippen LogP contribution in [0.25, 0.3) is 0 Å². The van der Waals surface area contributed by atoms with E-state index in [1.54, 1.807) is 11.9 Å². The standard InChI is InChI=1S/C10H12N2O4S/c1-12(6-2-3-16-4-6)9(13)8-11-7(5-17-8)10(14)15/h5-6H,2-4H2,1H3,(H,14,15). The second-order valence-corrected chi connectivity index (χ2v) is 4.63. The minimum atomic E-state index is -1.12. The monoisotopic (exact) mass is 256 g/mol. The fraction of sp³-hybridized carbons (Fsp3) is 0.500. The number of hydrogen-bond donors (Lipinski definition) is 1. The smallest absolute Gasteiger partial charge is 0.355 e. The highest BCUT2D eigenvalue weighted by Gasteiger charge is 2.27. The lowest BCUT2D eigenvalue weighted by molar-refractivity contribution is 0.0690. The number of thiazole rings is 1. The average molecular weight is 256 g/mol. The molecule has 2 rings (SSSR count). The summed E-state index contributed by atoms with van der Waals surface area (Å²) < 4.78 is 5.20. The number of hydrogen-bond acceptors (Lipinski definition) is 5. The predicted octanol–water partition coefficient (Wildman–Crippen LogP) is 0.702.